The van der Waals surface area contributed by atoms with E-state index in [1.807, 2.05) is 0 Å². The molecule has 0 bridgehead atoms. The number of rotatable bonds is 2. The predicted octanol–water partition coefficient (Wildman–Crippen LogP) is -0.720. The molecule has 1 N–H and O–H groups in total. The molecule has 0 fully saturated rings. The standard InChI is InChI=1S/C6H7FN2O3/c1-12-3-9-2-4(7)5(10)8-6(9)11/h2H,3H2,1H3,(H,8,10,11). The maximum atomic E-state index is 12.5. The molecule has 1 aromatic heterocycles. The Morgan fingerprint density at radius 3 is 2.92 bits per heavy atom. The van der Waals surface area contributed by atoms with Crippen LogP contribution in [0.3, 0.4) is 0 Å². The molecule has 1 heterocycles. The van der Waals surface area contributed by atoms with Crippen LogP contribution in [0.1, 0.15) is 0 Å². The predicted molar refractivity (Wildman–Crippen MR) is 38.3 cm³/mol. The van der Waals surface area contributed by atoms with Gasteiger partial charge in [0, 0.05) is 7.11 Å². The molecular weight excluding hydrogens is 167 g/mol. The molecule has 0 radical (unpaired) electrons. The molecule has 0 atom stereocenters. The van der Waals surface area contributed by atoms with Gasteiger partial charge in [-0.05, 0) is 0 Å². The molecular formula is C6H7FN2O3. The zero-order chi connectivity index (χ0) is 9.14. The lowest BCUT2D eigenvalue weighted by molar-refractivity contribution is 0.125. The summed E-state index contributed by atoms with van der Waals surface area (Å²) in [4.78, 5) is 23.1. The second kappa shape index (κ2) is 3.31. The van der Waals surface area contributed by atoms with Gasteiger partial charge < -0.3 is 4.74 Å². The van der Waals surface area contributed by atoms with Gasteiger partial charge >= 0.3 is 5.69 Å². The second-order valence-electron chi connectivity index (χ2n) is 2.12. The molecule has 6 heteroatoms. The SMILES string of the molecule is COCn1cc(F)c(=O)[nH]c1=O. The minimum absolute atomic E-state index is 0.0907. The number of ether oxygens (including phenoxy) is 1. The Hall–Kier alpha value is -1.43. The third-order valence-corrected chi connectivity index (χ3v) is 1.24. The number of hydrogen-bond donors (Lipinski definition) is 1. The summed E-state index contributed by atoms with van der Waals surface area (Å²) in [5.41, 5.74) is -1.71. The highest BCUT2D eigenvalue weighted by Crippen LogP contribution is 1.83. The summed E-state index contributed by atoms with van der Waals surface area (Å²) in [5.74, 6) is -1.01. The Morgan fingerprint density at radius 2 is 2.33 bits per heavy atom. The average Bonchev–Trinajstić information content (AvgIpc) is 2.01. The van der Waals surface area contributed by atoms with Crippen LogP contribution in [-0.2, 0) is 11.5 Å². The minimum Gasteiger partial charge on any atom is -0.364 e. The van der Waals surface area contributed by atoms with Gasteiger partial charge in [-0.2, -0.15) is 4.39 Å². The molecule has 1 rings (SSSR count). The van der Waals surface area contributed by atoms with Crippen LogP contribution in [0, 0.1) is 5.82 Å². The Balaban J connectivity index is 3.24. The molecule has 66 valence electrons. The average molecular weight is 174 g/mol. The van der Waals surface area contributed by atoms with Crippen molar-refractivity contribution < 1.29 is 9.13 Å². The monoisotopic (exact) mass is 174 g/mol. The van der Waals surface area contributed by atoms with E-state index in [2.05, 4.69) is 4.74 Å². The van der Waals surface area contributed by atoms with Crippen molar-refractivity contribution in [1.82, 2.24) is 9.55 Å². The summed E-state index contributed by atoms with van der Waals surface area (Å²) in [6, 6.07) is 0. The molecule has 1 aromatic rings. The van der Waals surface area contributed by atoms with Gasteiger partial charge in [0.15, 0.2) is 0 Å². The van der Waals surface area contributed by atoms with E-state index in [1.54, 1.807) is 4.98 Å². The lowest BCUT2D eigenvalue weighted by atomic mass is 10.6. The molecule has 0 amide bonds. The topological polar surface area (TPSA) is 64.1 Å². The fourth-order valence-corrected chi connectivity index (χ4v) is 0.718. The van der Waals surface area contributed by atoms with Crippen LogP contribution in [0.25, 0.3) is 0 Å². The molecule has 0 unspecified atom stereocenters. The molecule has 12 heavy (non-hydrogen) atoms. The summed E-state index contributed by atoms with van der Waals surface area (Å²) in [6.07, 6.45) is 0.796. The van der Waals surface area contributed by atoms with Crippen LogP contribution in [0.5, 0.6) is 0 Å². The number of aromatic amines is 1. The van der Waals surface area contributed by atoms with Crippen LogP contribution >= 0.6 is 0 Å². The zero-order valence-corrected chi connectivity index (χ0v) is 6.33. The number of aromatic nitrogens is 2. The van der Waals surface area contributed by atoms with Crippen LogP contribution in [0.2, 0.25) is 0 Å². The van der Waals surface area contributed by atoms with E-state index < -0.39 is 17.1 Å². The first-order valence-corrected chi connectivity index (χ1v) is 3.13. The lowest BCUT2D eigenvalue weighted by Crippen LogP contribution is -2.31. The van der Waals surface area contributed by atoms with Crippen LogP contribution < -0.4 is 11.2 Å². The second-order valence-corrected chi connectivity index (χ2v) is 2.12. The fraction of sp³-hybridized carbons (Fsp3) is 0.333. The largest absolute Gasteiger partial charge is 0.364 e. The number of methoxy groups -OCH3 is 1. The van der Waals surface area contributed by atoms with Gasteiger partial charge in [-0.1, -0.05) is 0 Å². The highest BCUT2D eigenvalue weighted by molar-refractivity contribution is 4.86. The summed E-state index contributed by atoms with van der Waals surface area (Å²) in [6.45, 7) is -0.0907. The van der Waals surface area contributed by atoms with Crippen molar-refractivity contribution in [2.24, 2.45) is 0 Å². The maximum absolute atomic E-state index is 12.5. The van der Waals surface area contributed by atoms with Crippen molar-refractivity contribution in [3.63, 3.8) is 0 Å². The van der Waals surface area contributed by atoms with Gasteiger partial charge in [-0.15, -0.1) is 0 Å². The normalized spacial score (nSPS) is 10.2. The molecule has 0 aliphatic rings. The highest BCUT2D eigenvalue weighted by Gasteiger charge is 2.01. The van der Waals surface area contributed by atoms with E-state index in [4.69, 9.17) is 0 Å². The number of halogens is 1. The molecule has 0 aromatic carbocycles. The van der Waals surface area contributed by atoms with Crippen molar-refractivity contribution in [3.05, 3.63) is 32.9 Å². The number of H-pyrrole nitrogens is 1. The molecule has 0 saturated carbocycles. The highest BCUT2D eigenvalue weighted by atomic mass is 19.1. The van der Waals surface area contributed by atoms with Crippen LogP contribution in [-0.4, -0.2) is 16.7 Å². The molecule has 0 aliphatic heterocycles. The fourth-order valence-electron chi connectivity index (χ4n) is 0.718. The van der Waals surface area contributed by atoms with Gasteiger partial charge in [-0.25, -0.2) is 4.79 Å². The first-order valence-electron chi connectivity index (χ1n) is 3.13. The summed E-state index contributed by atoms with van der Waals surface area (Å²) in [7, 11) is 1.36. The van der Waals surface area contributed by atoms with Crippen molar-refractivity contribution in [2.75, 3.05) is 7.11 Å². The Morgan fingerprint density at radius 1 is 1.67 bits per heavy atom. The van der Waals surface area contributed by atoms with Gasteiger partial charge in [0.05, 0.1) is 6.20 Å². The van der Waals surface area contributed by atoms with Gasteiger partial charge in [0.25, 0.3) is 5.56 Å². The zero-order valence-electron chi connectivity index (χ0n) is 6.33. The van der Waals surface area contributed by atoms with Crippen LogP contribution in [0.15, 0.2) is 15.8 Å². The number of nitrogens with one attached hydrogen (secondary N) is 1. The van der Waals surface area contributed by atoms with Gasteiger partial charge in [-0.3, -0.25) is 14.3 Å². The minimum atomic E-state index is -1.02. The van der Waals surface area contributed by atoms with E-state index in [0.29, 0.717) is 0 Å². The number of nitrogens with zero attached hydrogens (tertiary/aromatic N) is 1. The van der Waals surface area contributed by atoms with Crippen molar-refractivity contribution in [3.8, 4) is 0 Å². The summed E-state index contributed by atoms with van der Waals surface area (Å²) < 4.78 is 18.0. The molecule has 5 nitrogen and oxygen atoms in total. The third-order valence-electron chi connectivity index (χ3n) is 1.24. The summed E-state index contributed by atoms with van der Waals surface area (Å²) in [5, 5.41) is 0. The van der Waals surface area contributed by atoms with E-state index >= 15 is 0 Å². The van der Waals surface area contributed by atoms with E-state index in [-0.39, 0.29) is 6.73 Å². The van der Waals surface area contributed by atoms with Crippen molar-refractivity contribution >= 4 is 0 Å². The molecule has 0 aliphatic carbocycles. The van der Waals surface area contributed by atoms with Gasteiger partial charge in [0.2, 0.25) is 5.82 Å². The maximum Gasteiger partial charge on any atom is 0.330 e. The van der Waals surface area contributed by atoms with E-state index in [9.17, 15) is 14.0 Å². The summed E-state index contributed by atoms with van der Waals surface area (Å²) >= 11 is 0. The molecule has 0 spiro atoms. The Kier molecular flexibility index (Phi) is 2.39. The van der Waals surface area contributed by atoms with Crippen LogP contribution in [0.4, 0.5) is 4.39 Å². The van der Waals surface area contributed by atoms with Crippen molar-refractivity contribution in [1.29, 1.82) is 0 Å². The smallest absolute Gasteiger partial charge is 0.330 e. The van der Waals surface area contributed by atoms with E-state index in [1.165, 1.54) is 7.11 Å². The third kappa shape index (κ3) is 1.59. The first-order chi connectivity index (χ1) is 5.65. The van der Waals surface area contributed by atoms with E-state index in [0.717, 1.165) is 10.8 Å². The Bertz CT molecular complexity index is 381. The lowest BCUT2D eigenvalue weighted by Gasteiger charge is -2.01. The van der Waals surface area contributed by atoms with Gasteiger partial charge in [0.1, 0.15) is 6.73 Å². The quantitative estimate of drug-likeness (QED) is 0.643. The van der Waals surface area contributed by atoms with Crippen molar-refractivity contribution in [2.45, 2.75) is 6.73 Å². The first kappa shape index (κ1) is 8.66. The molecule has 0 saturated heterocycles. The Labute approximate surface area is 66.4 Å². The number of hydrogen-bond acceptors (Lipinski definition) is 3.